The van der Waals surface area contributed by atoms with Gasteiger partial charge in [-0.2, -0.15) is 0 Å². The molecule has 0 aromatic carbocycles. The fourth-order valence-corrected chi connectivity index (χ4v) is 4.96. The second-order valence-corrected chi connectivity index (χ2v) is 7.14. The highest BCUT2D eigenvalue weighted by Gasteiger charge is 2.39. The number of ether oxygens (including phenoxy) is 2. The molecule has 6 heteroatoms. The Morgan fingerprint density at radius 1 is 1.00 bits per heavy atom. The molecular weight excluding hydrogens is 272 g/mol. The molecule has 1 aliphatic heterocycles. The van der Waals surface area contributed by atoms with E-state index < -0.39 is 4.08 Å². The molecule has 0 bridgehead atoms. The van der Waals surface area contributed by atoms with Crippen LogP contribution in [0, 0.1) is 0 Å². The van der Waals surface area contributed by atoms with Crippen LogP contribution < -0.4 is 0 Å². The molecule has 0 radical (unpaired) electrons. The fourth-order valence-electron chi connectivity index (χ4n) is 1.75. The number of hydrogen-bond acceptors (Lipinski definition) is 6. The largest absolute Gasteiger partial charge is 0.466 e. The van der Waals surface area contributed by atoms with Crippen molar-refractivity contribution >= 4 is 35.5 Å². The van der Waals surface area contributed by atoms with Crippen molar-refractivity contribution in [2.24, 2.45) is 0 Å². The van der Waals surface area contributed by atoms with Crippen molar-refractivity contribution < 1.29 is 19.1 Å². The number of carbonyl (C=O) groups is 2. The van der Waals surface area contributed by atoms with Gasteiger partial charge >= 0.3 is 11.9 Å². The molecule has 1 rings (SSSR count). The van der Waals surface area contributed by atoms with Crippen LogP contribution in [0.4, 0.5) is 0 Å². The van der Waals surface area contributed by atoms with E-state index in [1.54, 1.807) is 37.4 Å². The van der Waals surface area contributed by atoms with E-state index in [4.69, 9.17) is 9.47 Å². The molecule has 0 amide bonds. The molecule has 1 aliphatic rings. The van der Waals surface area contributed by atoms with Gasteiger partial charge in [0.25, 0.3) is 0 Å². The smallest absolute Gasteiger partial charge is 0.308 e. The van der Waals surface area contributed by atoms with Gasteiger partial charge in [0.15, 0.2) is 0 Å². The van der Waals surface area contributed by atoms with Gasteiger partial charge in [0.2, 0.25) is 0 Å². The Bertz CT molecular complexity index is 266. The Labute approximate surface area is 117 Å². The van der Waals surface area contributed by atoms with Crippen LogP contribution in [0.15, 0.2) is 0 Å². The standard InChI is InChI=1S/C12H20O4S2/c1-3-15-10(13)8-12(9-11(14)16-4-2)17-6-5-7-18-12/h3-9H2,1-2H3. The van der Waals surface area contributed by atoms with Crippen LogP contribution in [-0.4, -0.2) is 40.7 Å². The summed E-state index contributed by atoms with van der Waals surface area (Å²) in [5.41, 5.74) is 0. The van der Waals surface area contributed by atoms with Crippen molar-refractivity contribution in [2.45, 2.75) is 37.2 Å². The molecule has 1 saturated heterocycles. The van der Waals surface area contributed by atoms with Gasteiger partial charge in [0, 0.05) is 0 Å². The van der Waals surface area contributed by atoms with Gasteiger partial charge in [-0.25, -0.2) is 0 Å². The summed E-state index contributed by atoms with van der Waals surface area (Å²) in [5.74, 6) is 1.49. The zero-order chi connectivity index (χ0) is 13.4. The van der Waals surface area contributed by atoms with Gasteiger partial charge in [-0.1, -0.05) is 0 Å². The van der Waals surface area contributed by atoms with E-state index in [9.17, 15) is 9.59 Å². The molecule has 0 spiro atoms. The Balaban J connectivity index is 2.62. The number of carbonyl (C=O) groups excluding carboxylic acids is 2. The summed E-state index contributed by atoms with van der Waals surface area (Å²) < 4.78 is 9.59. The van der Waals surface area contributed by atoms with Crippen molar-refractivity contribution in [1.29, 1.82) is 0 Å². The predicted octanol–water partition coefficient (Wildman–Crippen LogP) is 2.46. The minimum absolute atomic E-state index is 0.233. The molecule has 0 unspecified atom stereocenters. The molecule has 0 aromatic heterocycles. The lowest BCUT2D eigenvalue weighted by molar-refractivity contribution is -0.145. The Kier molecular flexibility index (Phi) is 6.92. The van der Waals surface area contributed by atoms with Crippen molar-refractivity contribution in [2.75, 3.05) is 24.7 Å². The van der Waals surface area contributed by atoms with Gasteiger partial charge in [0.05, 0.1) is 30.1 Å². The van der Waals surface area contributed by atoms with Gasteiger partial charge in [-0.05, 0) is 31.8 Å². The van der Waals surface area contributed by atoms with Crippen LogP contribution in [0.25, 0.3) is 0 Å². The predicted molar refractivity (Wildman–Crippen MR) is 74.8 cm³/mol. The van der Waals surface area contributed by atoms with E-state index in [2.05, 4.69) is 0 Å². The van der Waals surface area contributed by atoms with E-state index in [0.717, 1.165) is 17.9 Å². The molecule has 0 N–H and O–H groups in total. The van der Waals surface area contributed by atoms with Crippen LogP contribution in [0.3, 0.4) is 0 Å². The molecule has 18 heavy (non-hydrogen) atoms. The summed E-state index contributed by atoms with van der Waals surface area (Å²) in [5, 5.41) is 0. The first kappa shape index (κ1) is 15.7. The molecule has 0 aromatic rings. The second kappa shape index (κ2) is 7.94. The highest BCUT2D eigenvalue weighted by molar-refractivity contribution is 8.18. The van der Waals surface area contributed by atoms with E-state index in [1.807, 2.05) is 0 Å². The van der Waals surface area contributed by atoms with Crippen molar-refractivity contribution in [3.05, 3.63) is 0 Å². The molecule has 0 atom stereocenters. The topological polar surface area (TPSA) is 52.6 Å². The van der Waals surface area contributed by atoms with Crippen LogP contribution in [0.2, 0.25) is 0 Å². The SMILES string of the molecule is CCOC(=O)CC1(CC(=O)OCC)SCCCS1. The molecule has 0 saturated carbocycles. The first-order valence-corrected chi connectivity index (χ1v) is 8.18. The number of esters is 2. The second-order valence-electron chi connectivity index (χ2n) is 3.92. The lowest BCUT2D eigenvalue weighted by atomic mass is 10.2. The summed E-state index contributed by atoms with van der Waals surface area (Å²) in [7, 11) is 0. The van der Waals surface area contributed by atoms with Crippen LogP contribution >= 0.6 is 23.5 Å². The van der Waals surface area contributed by atoms with Gasteiger partial charge < -0.3 is 9.47 Å². The molecular formula is C12H20O4S2. The zero-order valence-electron chi connectivity index (χ0n) is 10.9. The van der Waals surface area contributed by atoms with Crippen molar-refractivity contribution in [1.82, 2.24) is 0 Å². The van der Waals surface area contributed by atoms with Crippen molar-refractivity contribution in [3.63, 3.8) is 0 Å². The molecule has 4 nitrogen and oxygen atoms in total. The Morgan fingerprint density at radius 2 is 1.44 bits per heavy atom. The van der Waals surface area contributed by atoms with Gasteiger partial charge in [0.1, 0.15) is 0 Å². The van der Waals surface area contributed by atoms with E-state index in [0.29, 0.717) is 13.2 Å². The average Bonchev–Trinajstić information content (AvgIpc) is 2.30. The highest BCUT2D eigenvalue weighted by Crippen LogP contribution is 2.47. The Hall–Kier alpha value is -0.360. The summed E-state index contributed by atoms with van der Waals surface area (Å²) in [4.78, 5) is 23.3. The summed E-state index contributed by atoms with van der Waals surface area (Å²) >= 11 is 3.36. The maximum atomic E-state index is 11.7. The maximum Gasteiger partial charge on any atom is 0.308 e. The third-order valence-electron chi connectivity index (χ3n) is 2.46. The van der Waals surface area contributed by atoms with Crippen LogP contribution in [0.5, 0.6) is 0 Å². The minimum Gasteiger partial charge on any atom is -0.466 e. The third-order valence-corrected chi connectivity index (χ3v) is 5.78. The number of rotatable bonds is 6. The van der Waals surface area contributed by atoms with Crippen molar-refractivity contribution in [3.8, 4) is 0 Å². The number of thioether (sulfide) groups is 2. The summed E-state index contributed by atoms with van der Waals surface area (Å²) in [6, 6.07) is 0. The van der Waals surface area contributed by atoms with Gasteiger partial charge in [-0.15, -0.1) is 23.5 Å². The third kappa shape index (κ3) is 5.10. The summed E-state index contributed by atoms with van der Waals surface area (Å²) in [6.45, 7) is 4.33. The molecule has 104 valence electrons. The van der Waals surface area contributed by atoms with E-state index >= 15 is 0 Å². The molecule has 1 fully saturated rings. The Morgan fingerprint density at radius 3 is 1.83 bits per heavy atom. The highest BCUT2D eigenvalue weighted by atomic mass is 32.2. The van der Waals surface area contributed by atoms with Crippen LogP contribution in [0.1, 0.15) is 33.1 Å². The number of hydrogen-bond donors (Lipinski definition) is 0. The lowest BCUT2D eigenvalue weighted by Gasteiger charge is -2.34. The molecule has 0 aliphatic carbocycles. The lowest BCUT2D eigenvalue weighted by Crippen LogP contribution is -2.32. The quantitative estimate of drug-likeness (QED) is 0.701. The van der Waals surface area contributed by atoms with Crippen LogP contribution in [-0.2, 0) is 19.1 Å². The maximum absolute atomic E-state index is 11.7. The minimum atomic E-state index is -0.392. The average molecular weight is 292 g/mol. The van der Waals surface area contributed by atoms with E-state index in [1.165, 1.54) is 0 Å². The molecule has 1 heterocycles. The van der Waals surface area contributed by atoms with Gasteiger partial charge in [-0.3, -0.25) is 9.59 Å². The monoisotopic (exact) mass is 292 g/mol. The zero-order valence-corrected chi connectivity index (χ0v) is 12.5. The normalized spacial score (nSPS) is 18.1. The summed E-state index contributed by atoms with van der Waals surface area (Å²) in [6.07, 6.45) is 1.66. The van der Waals surface area contributed by atoms with E-state index in [-0.39, 0.29) is 24.8 Å². The fraction of sp³-hybridized carbons (Fsp3) is 0.833. The first-order valence-electron chi connectivity index (χ1n) is 6.21. The first-order chi connectivity index (χ1) is 8.62.